The number of pyridine rings is 1. The number of imidazole rings is 1. The van der Waals surface area contributed by atoms with Gasteiger partial charge in [0.2, 0.25) is 5.89 Å². The molecule has 0 fully saturated rings. The average Bonchev–Trinajstić information content (AvgIpc) is 3.36. The highest BCUT2D eigenvalue weighted by molar-refractivity contribution is 6.33. The molecule has 2 amide bonds. The number of anilines is 2. The lowest BCUT2D eigenvalue weighted by Gasteiger charge is -2.16. The number of urea groups is 1. The summed E-state index contributed by atoms with van der Waals surface area (Å²) >= 11 is 6.25. The first-order chi connectivity index (χ1) is 14.5. The molecular weight excluding hydrogens is 410 g/mol. The van der Waals surface area contributed by atoms with Gasteiger partial charge in [0.25, 0.3) is 0 Å². The minimum absolute atomic E-state index is 0.292. The predicted octanol–water partition coefficient (Wildman–Crippen LogP) is 4.09. The molecule has 4 heterocycles. The lowest BCUT2D eigenvalue weighted by atomic mass is 10.1. The smallest absolute Gasteiger partial charge is 0.323 e. The molecule has 10 nitrogen and oxygen atoms in total. The van der Waals surface area contributed by atoms with Crippen LogP contribution in [-0.2, 0) is 4.74 Å². The number of oxazole rings is 1. The normalized spacial score (nSPS) is 12.1. The van der Waals surface area contributed by atoms with Crippen molar-refractivity contribution < 1.29 is 13.9 Å². The van der Waals surface area contributed by atoms with Gasteiger partial charge in [0, 0.05) is 7.11 Å². The number of nitrogens with one attached hydrogen (secondary N) is 2. The van der Waals surface area contributed by atoms with Crippen molar-refractivity contribution in [2.24, 2.45) is 0 Å². The van der Waals surface area contributed by atoms with Gasteiger partial charge in [-0.3, -0.25) is 0 Å². The maximum Gasteiger partial charge on any atom is 0.323 e. The lowest BCUT2D eigenvalue weighted by Crippen LogP contribution is -2.21. The van der Waals surface area contributed by atoms with E-state index in [0.29, 0.717) is 39.2 Å². The molecule has 4 aromatic heterocycles. The van der Waals surface area contributed by atoms with Crippen molar-refractivity contribution >= 4 is 34.7 Å². The molecule has 11 heteroatoms. The summed E-state index contributed by atoms with van der Waals surface area (Å²) in [6, 6.07) is 1.07. The Balaban J connectivity index is 1.57. The van der Waals surface area contributed by atoms with E-state index in [-0.39, 0.29) is 6.10 Å². The molecule has 0 aliphatic carbocycles. The maximum atomic E-state index is 12.6. The zero-order chi connectivity index (χ0) is 21.3. The number of aromatic nitrogens is 5. The summed E-state index contributed by atoms with van der Waals surface area (Å²) in [5.74, 6) is 0.295. The Bertz CT molecular complexity index is 1210. The van der Waals surface area contributed by atoms with Gasteiger partial charge in [-0.1, -0.05) is 11.6 Å². The van der Waals surface area contributed by atoms with Crippen molar-refractivity contribution in [3.63, 3.8) is 0 Å². The van der Waals surface area contributed by atoms with Crippen molar-refractivity contribution in [2.75, 3.05) is 17.7 Å². The van der Waals surface area contributed by atoms with E-state index in [1.165, 1.54) is 18.7 Å². The van der Waals surface area contributed by atoms with E-state index in [4.69, 9.17) is 20.8 Å². The van der Waals surface area contributed by atoms with E-state index in [2.05, 4.69) is 30.7 Å². The molecule has 0 radical (unpaired) electrons. The molecule has 0 spiro atoms. The first-order valence-corrected chi connectivity index (χ1v) is 9.35. The van der Waals surface area contributed by atoms with Crippen LogP contribution in [0.1, 0.15) is 24.3 Å². The second kappa shape index (κ2) is 8.09. The fraction of sp³-hybridized carbons (Fsp3) is 0.211. The average molecular weight is 428 g/mol. The van der Waals surface area contributed by atoms with Gasteiger partial charge in [-0.25, -0.2) is 24.3 Å². The lowest BCUT2D eigenvalue weighted by molar-refractivity contribution is 0.120. The molecule has 154 valence electrons. The van der Waals surface area contributed by atoms with Crippen molar-refractivity contribution in [1.29, 1.82) is 0 Å². The quantitative estimate of drug-likeness (QED) is 0.492. The molecule has 0 saturated carbocycles. The number of methoxy groups -OCH3 is 1. The van der Waals surface area contributed by atoms with Crippen LogP contribution in [0.25, 0.3) is 17.2 Å². The molecule has 0 saturated heterocycles. The van der Waals surface area contributed by atoms with Gasteiger partial charge in [0.1, 0.15) is 12.0 Å². The Morgan fingerprint density at radius 2 is 2.13 bits per heavy atom. The Labute approximate surface area is 176 Å². The topological polar surface area (TPSA) is 119 Å². The summed E-state index contributed by atoms with van der Waals surface area (Å²) in [5.41, 5.74) is 3.40. The molecule has 4 rings (SSSR count). The zero-order valence-electron chi connectivity index (χ0n) is 16.4. The van der Waals surface area contributed by atoms with E-state index < -0.39 is 6.03 Å². The maximum absolute atomic E-state index is 12.6. The van der Waals surface area contributed by atoms with Gasteiger partial charge in [-0.2, -0.15) is 5.10 Å². The number of carbonyl (C=O) groups excluding carboxylic acids is 1. The molecule has 0 aliphatic heterocycles. The number of fused-ring (bicyclic) bond motifs is 1. The van der Waals surface area contributed by atoms with Crippen LogP contribution in [0.5, 0.6) is 0 Å². The first kappa shape index (κ1) is 19.8. The third-order valence-electron chi connectivity index (χ3n) is 4.39. The van der Waals surface area contributed by atoms with Gasteiger partial charge in [0.15, 0.2) is 5.65 Å². The van der Waals surface area contributed by atoms with Crippen LogP contribution in [0.3, 0.4) is 0 Å². The van der Waals surface area contributed by atoms with E-state index in [1.807, 2.05) is 13.8 Å². The zero-order valence-corrected chi connectivity index (χ0v) is 17.1. The predicted molar refractivity (Wildman–Crippen MR) is 111 cm³/mol. The monoisotopic (exact) mass is 427 g/mol. The molecule has 2 N–H and O–H groups in total. The van der Waals surface area contributed by atoms with Gasteiger partial charge in [0.05, 0.1) is 58.5 Å². The number of hydrogen-bond donors (Lipinski definition) is 2. The highest BCUT2D eigenvalue weighted by atomic mass is 35.5. The highest BCUT2D eigenvalue weighted by Crippen LogP contribution is 2.29. The summed E-state index contributed by atoms with van der Waals surface area (Å²) in [6.45, 7) is 3.74. The molecule has 1 unspecified atom stereocenters. The summed E-state index contributed by atoms with van der Waals surface area (Å²) < 4.78 is 12.3. The highest BCUT2D eigenvalue weighted by Gasteiger charge is 2.19. The van der Waals surface area contributed by atoms with Crippen LogP contribution in [0.2, 0.25) is 5.02 Å². The van der Waals surface area contributed by atoms with Crippen molar-refractivity contribution in [3.05, 3.63) is 53.4 Å². The van der Waals surface area contributed by atoms with Crippen molar-refractivity contribution in [2.45, 2.75) is 20.0 Å². The fourth-order valence-corrected chi connectivity index (χ4v) is 3.22. The van der Waals surface area contributed by atoms with Crippen LogP contribution in [0.15, 0.2) is 41.5 Å². The summed E-state index contributed by atoms with van der Waals surface area (Å²) in [6.07, 6.45) is 7.42. The number of halogens is 1. The molecule has 0 bridgehead atoms. The number of amides is 2. The third kappa shape index (κ3) is 3.82. The van der Waals surface area contributed by atoms with Gasteiger partial charge in [-0.15, -0.1) is 0 Å². The second-order valence-corrected chi connectivity index (χ2v) is 6.88. The number of ether oxygens (including phenoxy) is 1. The van der Waals surface area contributed by atoms with Gasteiger partial charge >= 0.3 is 6.03 Å². The van der Waals surface area contributed by atoms with Gasteiger partial charge in [-0.05, 0) is 19.9 Å². The summed E-state index contributed by atoms with van der Waals surface area (Å²) in [7, 11) is 1.59. The van der Waals surface area contributed by atoms with Crippen molar-refractivity contribution in [3.8, 4) is 11.6 Å². The van der Waals surface area contributed by atoms with E-state index >= 15 is 0 Å². The van der Waals surface area contributed by atoms with Crippen LogP contribution in [-0.4, -0.2) is 37.7 Å². The van der Waals surface area contributed by atoms with E-state index in [0.717, 1.165) is 5.69 Å². The van der Waals surface area contributed by atoms with Gasteiger partial charge < -0.3 is 19.8 Å². The minimum atomic E-state index is -0.490. The van der Waals surface area contributed by atoms with Crippen LogP contribution >= 0.6 is 11.6 Å². The number of rotatable bonds is 5. The third-order valence-corrected chi connectivity index (χ3v) is 4.68. The first-order valence-electron chi connectivity index (χ1n) is 8.97. The molecule has 30 heavy (non-hydrogen) atoms. The number of hydrogen-bond acceptors (Lipinski definition) is 7. The van der Waals surface area contributed by atoms with E-state index in [9.17, 15) is 4.79 Å². The Morgan fingerprint density at radius 1 is 1.30 bits per heavy atom. The second-order valence-electron chi connectivity index (χ2n) is 6.47. The van der Waals surface area contributed by atoms with Crippen LogP contribution in [0.4, 0.5) is 16.2 Å². The van der Waals surface area contributed by atoms with Crippen LogP contribution < -0.4 is 10.6 Å². The number of aryl methyl sites for hydroxylation is 1. The standard InChI is InChI=1S/C19H18ClN7O3/c1-10-9-27-17(24-10)15(11(2)29-3)14(8-23-27)26-19(28)25-12-6-13(20)16(22-7-12)18-21-4-5-30-18/h4-9,11H,1-3H3,(H2,25,26,28). The summed E-state index contributed by atoms with van der Waals surface area (Å²) in [4.78, 5) is 25.3. The Hall–Kier alpha value is -3.50. The SMILES string of the molecule is COC(C)c1c(NC(=O)Nc2cnc(-c3ncco3)c(Cl)c2)cnn2cc(C)nc12. The van der Waals surface area contributed by atoms with Crippen LogP contribution in [0, 0.1) is 6.92 Å². The molecule has 0 aromatic carbocycles. The Kier molecular flexibility index (Phi) is 5.34. The number of nitrogens with zero attached hydrogens (tertiary/aromatic N) is 5. The summed E-state index contributed by atoms with van der Waals surface area (Å²) in [5, 5.41) is 10.1. The largest absolute Gasteiger partial charge is 0.443 e. The Morgan fingerprint density at radius 3 is 2.83 bits per heavy atom. The molecular formula is C19H18ClN7O3. The number of carbonyl (C=O) groups is 1. The minimum Gasteiger partial charge on any atom is -0.443 e. The molecule has 0 aliphatic rings. The van der Waals surface area contributed by atoms with E-state index in [1.54, 1.807) is 30.1 Å². The molecule has 1 atom stereocenters. The molecule has 4 aromatic rings. The van der Waals surface area contributed by atoms with Crippen molar-refractivity contribution in [1.82, 2.24) is 24.6 Å². The fourth-order valence-electron chi connectivity index (χ4n) is 2.97.